The quantitative estimate of drug-likeness (QED) is 0.410. The van der Waals surface area contributed by atoms with Gasteiger partial charge in [0.2, 0.25) is 0 Å². The first-order valence-electron chi connectivity index (χ1n) is 11.6. The van der Waals surface area contributed by atoms with E-state index < -0.39 is 0 Å². The molecule has 1 atom stereocenters. The number of aromatic amines is 1. The van der Waals surface area contributed by atoms with Gasteiger partial charge in [0.25, 0.3) is 0 Å². The lowest BCUT2D eigenvalue weighted by Gasteiger charge is -2.34. The van der Waals surface area contributed by atoms with Gasteiger partial charge in [-0.2, -0.15) is 9.97 Å². The third-order valence-corrected chi connectivity index (χ3v) is 7.42. The number of nitrogens with two attached hydrogens (primary N) is 1. The van der Waals surface area contributed by atoms with Crippen LogP contribution in [0.1, 0.15) is 25.1 Å². The lowest BCUT2D eigenvalue weighted by atomic mass is 9.90. The SMILES string of the molecule is CNc1cc(F)cc2c1[nH]c1nc(Oc3cnc(C)nc3)nc(N3CCC4(CC3)CC4CN)c12. The van der Waals surface area contributed by atoms with Gasteiger partial charge < -0.3 is 25.7 Å². The first-order valence-corrected chi connectivity index (χ1v) is 11.6. The predicted molar refractivity (Wildman–Crippen MR) is 129 cm³/mol. The smallest absolute Gasteiger partial charge is 0.326 e. The van der Waals surface area contributed by atoms with E-state index in [-0.39, 0.29) is 11.8 Å². The summed E-state index contributed by atoms with van der Waals surface area (Å²) in [4.78, 5) is 23.4. The molecule has 0 amide bonds. The molecule has 0 radical (unpaired) electrons. The Morgan fingerprint density at radius 1 is 1.24 bits per heavy atom. The first-order chi connectivity index (χ1) is 16.5. The summed E-state index contributed by atoms with van der Waals surface area (Å²) in [6.07, 6.45) is 6.55. The summed E-state index contributed by atoms with van der Waals surface area (Å²) in [5.41, 5.74) is 8.36. The molecule has 1 saturated heterocycles. The number of piperidine rings is 1. The number of aryl methyl sites for hydroxylation is 1. The molecule has 9 nitrogen and oxygen atoms in total. The van der Waals surface area contributed by atoms with Crippen molar-refractivity contribution in [3.05, 3.63) is 36.2 Å². The molecule has 10 heteroatoms. The molecule has 176 valence electrons. The van der Waals surface area contributed by atoms with Crippen molar-refractivity contribution in [3.8, 4) is 11.8 Å². The molecule has 4 heterocycles. The number of ether oxygens (including phenoxy) is 1. The third-order valence-electron chi connectivity index (χ3n) is 7.42. The molecule has 1 aliphatic carbocycles. The minimum atomic E-state index is -0.317. The van der Waals surface area contributed by atoms with Crippen molar-refractivity contribution in [2.45, 2.75) is 26.2 Å². The summed E-state index contributed by atoms with van der Waals surface area (Å²) in [7, 11) is 1.77. The predicted octanol–water partition coefficient (Wildman–Crippen LogP) is 3.75. The lowest BCUT2D eigenvalue weighted by Crippen LogP contribution is -2.36. The monoisotopic (exact) mass is 462 g/mol. The van der Waals surface area contributed by atoms with E-state index in [0.717, 1.165) is 54.6 Å². The van der Waals surface area contributed by atoms with Crippen molar-refractivity contribution in [2.24, 2.45) is 17.1 Å². The van der Waals surface area contributed by atoms with E-state index in [1.54, 1.807) is 19.4 Å². The topological polar surface area (TPSA) is 118 Å². The molecular weight excluding hydrogens is 435 g/mol. The molecular formula is C24H27FN8O. The minimum absolute atomic E-state index is 0.194. The lowest BCUT2D eigenvalue weighted by molar-refractivity contribution is 0.349. The maximum atomic E-state index is 14.5. The Balaban J connectivity index is 1.46. The zero-order chi connectivity index (χ0) is 23.4. The summed E-state index contributed by atoms with van der Waals surface area (Å²) in [6.45, 7) is 4.28. The summed E-state index contributed by atoms with van der Waals surface area (Å²) in [5, 5.41) is 4.60. The number of nitrogens with zero attached hydrogens (tertiary/aromatic N) is 5. The van der Waals surface area contributed by atoms with Crippen LogP contribution in [-0.2, 0) is 0 Å². The molecule has 2 fully saturated rings. The largest absolute Gasteiger partial charge is 0.421 e. The number of anilines is 2. The van der Waals surface area contributed by atoms with Crippen LogP contribution in [0.2, 0.25) is 0 Å². The van der Waals surface area contributed by atoms with Gasteiger partial charge in [0, 0.05) is 25.5 Å². The molecule has 1 aromatic carbocycles. The van der Waals surface area contributed by atoms with Crippen LogP contribution in [0, 0.1) is 24.1 Å². The number of hydrogen-bond acceptors (Lipinski definition) is 8. The number of benzene rings is 1. The van der Waals surface area contributed by atoms with Crippen LogP contribution in [0.25, 0.3) is 21.9 Å². The van der Waals surface area contributed by atoms with Crippen LogP contribution in [0.5, 0.6) is 11.8 Å². The highest BCUT2D eigenvalue weighted by Gasteiger charge is 2.53. The highest BCUT2D eigenvalue weighted by Crippen LogP contribution is 2.59. The standard InChI is InChI=1S/C24H27FN8O/c1-13-28-11-16(12-29-13)34-23-31-21-19(17-7-15(25)8-18(27-2)20(17)30-21)22(32-23)33-5-3-24(4-6-33)9-14(24)10-26/h7-8,11-12,14,27H,3-6,9-10,26H2,1-2H3,(H,30,31,32). The molecule has 0 bridgehead atoms. The van der Waals surface area contributed by atoms with Crippen LogP contribution in [0.4, 0.5) is 15.9 Å². The number of rotatable bonds is 5. The van der Waals surface area contributed by atoms with E-state index in [1.807, 2.05) is 6.92 Å². The van der Waals surface area contributed by atoms with Crippen LogP contribution in [-0.4, -0.2) is 51.6 Å². The highest BCUT2D eigenvalue weighted by atomic mass is 19.1. The van der Waals surface area contributed by atoms with Crippen LogP contribution in [0.15, 0.2) is 24.5 Å². The van der Waals surface area contributed by atoms with Gasteiger partial charge in [-0.15, -0.1) is 0 Å². The fraction of sp³-hybridized carbons (Fsp3) is 0.417. The number of hydrogen-bond donors (Lipinski definition) is 3. The van der Waals surface area contributed by atoms with Gasteiger partial charge in [0.1, 0.15) is 23.1 Å². The molecule has 4 N–H and O–H groups in total. The molecule has 1 saturated carbocycles. The van der Waals surface area contributed by atoms with Gasteiger partial charge in [-0.3, -0.25) is 0 Å². The number of fused-ring (bicyclic) bond motifs is 3. The Kier molecular flexibility index (Phi) is 4.80. The van der Waals surface area contributed by atoms with Crippen LogP contribution >= 0.6 is 0 Å². The van der Waals surface area contributed by atoms with Crippen molar-refractivity contribution in [1.29, 1.82) is 0 Å². The highest BCUT2D eigenvalue weighted by molar-refractivity contribution is 6.14. The van der Waals surface area contributed by atoms with Gasteiger partial charge in [-0.25, -0.2) is 14.4 Å². The second kappa shape index (κ2) is 7.76. The fourth-order valence-electron chi connectivity index (χ4n) is 5.38. The maximum absolute atomic E-state index is 14.5. The number of H-pyrrole nitrogens is 1. The Bertz CT molecular complexity index is 1380. The average molecular weight is 463 g/mol. The molecule has 4 aromatic rings. The zero-order valence-corrected chi connectivity index (χ0v) is 19.2. The Morgan fingerprint density at radius 3 is 2.68 bits per heavy atom. The van der Waals surface area contributed by atoms with Crippen molar-refractivity contribution in [1.82, 2.24) is 24.9 Å². The van der Waals surface area contributed by atoms with Crippen molar-refractivity contribution in [2.75, 3.05) is 36.9 Å². The first kappa shape index (κ1) is 21.0. The average Bonchev–Trinajstić information content (AvgIpc) is 3.39. The molecule has 1 spiro atoms. The van der Waals surface area contributed by atoms with Gasteiger partial charge >= 0.3 is 6.01 Å². The molecule has 1 aliphatic heterocycles. The van der Waals surface area contributed by atoms with E-state index in [2.05, 4.69) is 30.2 Å². The van der Waals surface area contributed by atoms with E-state index in [9.17, 15) is 4.39 Å². The van der Waals surface area contributed by atoms with Crippen molar-refractivity contribution >= 4 is 33.4 Å². The van der Waals surface area contributed by atoms with Gasteiger partial charge in [0.05, 0.1) is 29.0 Å². The summed E-state index contributed by atoms with van der Waals surface area (Å²) >= 11 is 0. The Hall–Kier alpha value is -3.53. The number of nitrogens with one attached hydrogen (secondary N) is 2. The Morgan fingerprint density at radius 2 is 2.00 bits per heavy atom. The Labute approximate surface area is 196 Å². The number of halogens is 1. The summed E-state index contributed by atoms with van der Waals surface area (Å²) < 4.78 is 20.4. The second-order valence-corrected chi connectivity index (χ2v) is 9.36. The summed E-state index contributed by atoms with van der Waals surface area (Å²) in [6, 6.07) is 3.20. The third kappa shape index (κ3) is 3.40. The van der Waals surface area contributed by atoms with Crippen LogP contribution in [0.3, 0.4) is 0 Å². The molecule has 1 unspecified atom stereocenters. The maximum Gasteiger partial charge on any atom is 0.326 e. The van der Waals surface area contributed by atoms with E-state index in [1.165, 1.54) is 18.6 Å². The van der Waals surface area contributed by atoms with E-state index in [0.29, 0.717) is 34.2 Å². The van der Waals surface area contributed by atoms with Gasteiger partial charge in [-0.1, -0.05) is 0 Å². The molecule has 34 heavy (non-hydrogen) atoms. The van der Waals surface area contributed by atoms with Crippen LogP contribution < -0.4 is 20.7 Å². The van der Waals surface area contributed by atoms with E-state index in [4.69, 9.17) is 15.5 Å². The van der Waals surface area contributed by atoms with Gasteiger partial charge in [-0.05, 0) is 56.2 Å². The van der Waals surface area contributed by atoms with E-state index >= 15 is 0 Å². The second-order valence-electron chi connectivity index (χ2n) is 9.36. The van der Waals surface area contributed by atoms with Gasteiger partial charge in [0.15, 0.2) is 5.75 Å². The number of aromatic nitrogens is 5. The fourth-order valence-corrected chi connectivity index (χ4v) is 5.38. The zero-order valence-electron chi connectivity index (χ0n) is 19.2. The normalized spacial score (nSPS) is 19.2. The minimum Gasteiger partial charge on any atom is -0.421 e. The molecule has 2 aliphatic rings. The molecule has 6 rings (SSSR count). The van der Waals surface area contributed by atoms with Crippen molar-refractivity contribution < 1.29 is 9.13 Å². The summed E-state index contributed by atoms with van der Waals surface area (Å²) in [5.74, 6) is 2.16. The molecule has 3 aromatic heterocycles. The van der Waals surface area contributed by atoms with Crippen molar-refractivity contribution in [3.63, 3.8) is 0 Å².